The lowest BCUT2D eigenvalue weighted by Gasteiger charge is -2.05. The van der Waals surface area contributed by atoms with Gasteiger partial charge in [-0.3, -0.25) is 4.79 Å². The van der Waals surface area contributed by atoms with Gasteiger partial charge in [-0.2, -0.15) is 0 Å². The van der Waals surface area contributed by atoms with E-state index in [2.05, 4.69) is 13.2 Å². The number of carboxylic acids is 1. The number of rotatable bonds is 6. The predicted octanol–water partition coefficient (Wildman–Crippen LogP) is 2.78. The van der Waals surface area contributed by atoms with Gasteiger partial charge in [0.25, 0.3) is 0 Å². The van der Waals surface area contributed by atoms with E-state index >= 15 is 0 Å². The van der Waals surface area contributed by atoms with Crippen LogP contribution in [-0.2, 0) is 11.2 Å². The van der Waals surface area contributed by atoms with E-state index in [0.29, 0.717) is 17.9 Å². The Kier molecular flexibility index (Phi) is 4.33. The molecular weight excluding hydrogens is 204 g/mol. The topological polar surface area (TPSA) is 46.5 Å². The molecular formula is C13H14O3. The third-order valence-corrected chi connectivity index (χ3v) is 2.03. The lowest BCUT2D eigenvalue weighted by Crippen LogP contribution is -1.97. The molecule has 1 rings (SSSR count). The van der Waals surface area contributed by atoms with Crippen LogP contribution in [0, 0.1) is 0 Å². The molecule has 1 aromatic carbocycles. The van der Waals surface area contributed by atoms with Crippen molar-refractivity contribution in [3.05, 3.63) is 54.8 Å². The Labute approximate surface area is 94.7 Å². The molecule has 0 saturated heterocycles. The average molecular weight is 218 g/mol. The number of carbonyl (C=O) groups is 1. The quantitative estimate of drug-likeness (QED) is 0.590. The van der Waals surface area contributed by atoms with Crippen molar-refractivity contribution in [2.45, 2.75) is 12.8 Å². The molecule has 0 aliphatic carbocycles. The fourth-order valence-corrected chi connectivity index (χ4v) is 1.17. The maximum Gasteiger partial charge on any atom is 0.303 e. The van der Waals surface area contributed by atoms with Crippen LogP contribution in [0.15, 0.2) is 49.3 Å². The van der Waals surface area contributed by atoms with Gasteiger partial charge in [-0.15, -0.1) is 0 Å². The first-order valence-corrected chi connectivity index (χ1v) is 4.91. The molecule has 0 unspecified atom stereocenters. The first-order valence-electron chi connectivity index (χ1n) is 4.91. The highest BCUT2D eigenvalue weighted by atomic mass is 16.5. The molecule has 0 aliphatic rings. The van der Waals surface area contributed by atoms with Crippen LogP contribution in [0.5, 0.6) is 5.75 Å². The SMILES string of the molecule is C=CC(=C)Oc1ccc(CCC(=O)O)cc1. The highest BCUT2D eigenvalue weighted by Crippen LogP contribution is 2.15. The van der Waals surface area contributed by atoms with E-state index in [9.17, 15) is 4.79 Å². The fraction of sp³-hybridized carbons (Fsp3) is 0.154. The van der Waals surface area contributed by atoms with Crippen molar-refractivity contribution in [3.63, 3.8) is 0 Å². The van der Waals surface area contributed by atoms with Crippen LogP contribution in [0.2, 0.25) is 0 Å². The maximum atomic E-state index is 10.4. The summed E-state index contributed by atoms with van der Waals surface area (Å²) >= 11 is 0. The van der Waals surface area contributed by atoms with Crippen LogP contribution in [0.3, 0.4) is 0 Å². The van der Waals surface area contributed by atoms with Gasteiger partial charge in [-0.1, -0.05) is 25.3 Å². The summed E-state index contributed by atoms with van der Waals surface area (Å²) in [5, 5.41) is 8.53. The predicted molar refractivity (Wildman–Crippen MR) is 62.4 cm³/mol. The smallest absolute Gasteiger partial charge is 0.303 e. The van der Waals surface area contributed by atoms with E-state index < -0.39 is 5.97 Å². The van der Waals surface area contributed by atoms with Gasteiger partial charge in [0.1, 0.15) is 11.5 Å². The second-order valence-electron chi connectivity index (χ2n) is 3.31. The summed E-state index contributed by atoms with van der Waals surface area (Å²) in [4.78, 5) is 10.4. The average Bonchev–Trinajstić information content (AvgIpc) is 2.28. The van der Waals surface area contributed by atoms with Crippen molar-refractivity contribution in [1.82, 2.24) is 0 Å². The first kappa shape index (κ1) is 12.0. The molecule has 84 valence electrons. The molecule has 0 aromatic heterocycles. The van der Waals surface area contributed by atoms with Crippen LogP contribution in [0.25, 0.3) is 0 Å². The van der Waals surface area contributed by atoms with E-state index in [0.717, 1.165) is 5.56 Å². The molecule has 1 N–H and O–H groups in total. The van der Waals surface area contributed by atoms with Gasteiger partial charge >= 0.3 is 5.97 Å². The molecule has 1 aromatic rings. The number of benzene rings is 1. The molecule has 3 nitrogen and oxygen atoms in total. The lowest BCUT2D eigenvalue weighted by molar-refractivity contribution is -0.136. The normalized spacial score (nSPS) is 9.50. The molecule has 0 radical (unpaired) electrons. The number of hydrogen-bond acceptors (Lipinski definition) is 2. The second kappa shape index (κ2) is 5.75. The fourth-order valence-electron chi connectivity index (χ4n) is 1.17. The lowest BCUT2D eigenvalue weighted by atomic mass is 10.1. The monoisotopic (exact) mass is 218 g/mol. The van der Waals surface area contributed by atoms with E-state index in [-0.39, 0.29) is 6.42 Å². The van der Waals surface area contributed by atoms with Gasteiger partial charge < -0.3 is 9.84 Å². The second-order valence-corrected chi connectivity index (χ2v) is 3.31. The molecule has 0 heterocycles. The number of aliphatic carboxylic acids is 1. The van der Waals surface area contributed by atoms with Gasteiger partial charge in [0, 0.05) is 6.42 Å². The highest BCUT2D eigenvalue weighted by Gasteiger charge is 2.00. The summed E-state index contributed by atoms with van der Waals surface area (Å²) in [5.41, 5.74) is 0.971. The van der Waals surface area contributed by atoms with Crippen LogP contribution < -0.4 is 4.74 Å². The Morgan fingerprint density at radius 1 is 1.38 bits per heavy atom. The zero-order valence-electron chi connectivity index (χ0n) is 8.98. The molecule has 0 amide bonds. The zero-order chi connectivity index (χ0) is 12.0. The summed E-state index contributed by atoms with van der Waals surface area (Å²) in [5.74, 6) is 0.364. The Balaban J connectivity index is 2.57. The van der Waals surface area contributed by atoms with Crippen molar-refractivity contribution < 1.29 is 14.6 Å². The largest absolute Gasteiger partial charge is 0.481 e. The van der Waals surface area contributed by atoms with Gasteiger partial charge in [0.2, 0.25) is 0 Å². The third-order valence-electron chi connectivity index (χ3n) is 2.03. The number of aryl methyl sites for hydroxylation is 1. The zero-order valence-corrected chi connectivity index (χ0v) is 8.98. The van der Waals surface area contributed by atoms with Crippen molar-refractivity contribution >= 4 is 5.97 Å². The van der Waals surface area contributed by atoms with Crippen molar-refractivity contribution in [3.8, 4) is 5.75 Å². The van der Waals surface area contributed by atoms with E-state index in [4.69, 9.17) is 9.84 Å². The van der Waals surface area contributed by atoms with E-state index in [1.165, 1.54) is 6.08 Å². The van der Waals surface area contributed by atoms with Crippen LogP contribution in [0.4, 0.5) is 0 Å². The molecule has 0 spiro atoms. The standard InChI is InChI=1S/C13H14O3/c1-3-10(2)16-12-7-4-11(5-8-12)6-9-13(14)15/h3-5,7-8H,1-2,6,9H2,(H,14,15). The number of carboxylic acid groups (broad SMARTS) is 1. The van der Waals surface area contributed by atoms with Crippen molar-refractivity contribution in [2.75, 3.05) is 0 Å². The van der Waals surface area contributed by atoms with Crippen molar-refractivity contribution in [2.24, 2.45) is 0 Å². The van der Waals surface area contributed by atoms with Crippen LogP contribution >= 0.6 is 0 Å². The summed E-state index contributed by atoms with van der Waals surface area (Å²) in [7, 11) is 0. The van der Waals surface area contributed by atoms with Crippen molar-refractivity contribution in [1.29, 1.82) is 0 Å². The van der Waals surface area contributed by atoms with Crippen LogP contribution in [0.1, 0.15) is 12.0 Å². The minimum Gasteiger partial charge on any atom is -0.481 e. The summed E-state index contributed by atoms with van der Waals surface area (Å²) < 4.78 is 5.32. The Hall–Kier alpha value is -2.03. The number of ether oxygens (including phenoxy) is 1. The van der Waals surface area contributed by atoms with Gasteiger partial charge in [-0.25, -0.2) is 0 Å². The Bertz CT molecular complexity index is 390. The van der Waals surface area contributed by atoms with Crippen LogP contribution in [-0.4, -0.2) is 11.1 Å². The summed E-state index contributed by atoms with van der Waals surface area (Å²) in [6.45, 7) is 7.17. The van der Waals surface area contributed by atoms with E-state index in [1.807, 2.05) is 12.1 Å². The van der Waals surface area contributed by atoms with E-state index in [1.54, 1.807) is 12.1 Å². The minimum absolute atomic E-state index is 0.138. The molecule has 16 heavy (non-hydrogen) atoms. The number of allylic oxidation sites excluding steroid dienone is 1. The molecule has 0 fully saturated rings. The number of hydrogen-bond donors (Lipinski definition) is 1. The molecule has 0 saturated carbocycles. The molecule has 0 aliphatic heterocycles. The molecule has 0 bridgehead atoms. The van der Waals surface area contributed by atoms with Gasteiger partial charge in [0.05, 0.1) is 0 Å². The first-order chi connectivity index (χ1) is 7.61. The third kappa shape index (κ3) is 4.00. The molecule has 0 atom stereocenters. The molecule has 3 heteroatoms. The highest BCUT2D eigenvalue weighted by molar-refractivity contribution is 5.67. The Morgan fingerprint density at radius 2 is 2.00 bits per heavy atom. The minimum atomic E-state index is -0.791. The van der Waals surface area contributed by atoms with Gasteiger partial charge in [-0.05, 0) is 30.2 Å². The summed E-state index contributed by atoms with van der Waals surface area (Å²) in [6.07, 6.45) is 2.19. The van der Waals surface area contributed by atoms with Gasteiger partial charge in [0.15, 0.2) is 0 Å². The Morgan fingerprint density at radius 3 is 2.50 bits per heavy atom. The maximum absolute atomic E-state index is 10.4. The summed E-state index contributed by atoms with van der Waals surface area (Å²) in [6, 6.07) is 7.25.